The number of benzene rings is 1. The van der Waals surface area contributed by atoms with Gasteiger partial charge in [0, 0.05) is 25.3 Å². The van der Waals surface area contributed by atoms with Crippen molar-refractivity contribution in [2.75, 3.05) is 26.9 Å². The molecule has 20 heavy (non-hydrogen) atoms. The second-order valence-electron chi connectivity index (χ2n) is 4.57. The van der Waals surface area contributed by atoms with Gasteiger partial charge in [-0.05, 0) is 19.1 Å². The number of methoxy groups -OCH3 is 1. The van der Waals surface area contributed by atoms with Crippen molar-refractivity contribution in [2.24, 2.45) is 0 Å². The molecule has 2 atom stereocenters. The molecule has 1 aromatic carbocycles. The Hall–Kier alpha value is -1.79. The highest BCUT2D eigenvalue weighted by Crippen LogP contribution is 2.35. The van der Waals surface area contributed by atoms with Crippen molar-refractivity contribution >= 4 is 5.91 Å². The minimum Gasteiger partial charge on any atom is -0.490 e. The summed E-state index contributed by atoms with van der Waals surface area (Å²) in [5.74, 6) is 0.928. The number of rotatable bonds is 6. The number of hydrogen-bond acceptors (Lipinski definition) is 5. The lowest BCUT2D eigenvalue weighted by molar-refractivity contribution is -0.127. The monoisotopic (exact) mass is 281 g/mol. The molecule has 1 aliphatic rings. The minimum atomic E-state index is -0.615. The lowest BCUT2D eigenvalue weighted by Gasteiger charge is -2.15. The molecule has 0 saturated heterocycles. The third-order valence-electron chi connectivity index (χ3n) is 3.03. The number of amides is 1. The molecule has 0 aliphatic carbocycles. The number of carbonyl (C=O) groups is 1. The van der Waals surface area contributed by atoms with E-state index in [1.165, 1.54) is 0 Å². The van der Waals surface area contributed by atoms with Crippen molar-refractivity contribution in [3.8, 4) is 11.5 Å². The molecule has 6 heteroatoms. The van der Waals surface area contributed by atoms with Gasteiger partial charge < -0.3 is 24.6 Å². The van der Waals surface area contributed by atoms with Crippen LogP contribution in [0.3, 0.4) is 0 Å². The van der Waals surface area contributed by atoms with Gasteiger partial charge in [-0.3, -0.25) is 4.79 Å². The van der Waals surface area contributed by atoms with E-state index in [1.807, 2.05) is 0 Å². The van der Waals surface area contributed by atoms with E-state index in [1.54, 1.807) is 32.2 Å². The zero-order valence-corrected chi connectivity index (χ0v) is 11.6. The molecular formula is C14H19NO5. The fraction of sp³-hybridized carbons (Fsp3) is 0.500. The van der Waals surface area contributed by atoms with Gasteiger partial charge in [0.1, 0.15) is 24.2 Å². The first-order valence-electron chi connectivity index (χ1n) is 6.50. The van der Waals surface area contributed by atoms with Crippen LogP contribution in [0.25, 0.3) is 0 Å². The first-order chi connectivity index (χ1) is 9.61. The summed E-state index contributed by atoms with van der Waals surface area (Å²) in [5, 5.41) is 12.3. The predicted molar refractivity (Wildman–Crippen MR) is 71.9 cm³/mol. The molecule has 1 aliphatic heterocycles. The molecule has 110 valence electrons. The Bertz CT molecular complexity index is 477. The number of ether oxygens (including phenoxy) is 3. The van der Waals surface area contributed by atoms with Crippen molar-refractivity contribution < 1.29 is 24.1 Å². The Morgan fingerprint density at radius 1 is 1.60 bits per heavy atom. The largest absolute Gasteiger partial charge is 0.490 e. The summed E-state index contributed by atoms with van der Waals surface area (Å²) in [4.78, 5) is 11.7. The lowest BCUT2D eigenvalue weighted by Crippen LogP contribution is -2.37. The second-order valence-corrected chi connectivity index (χ2v) is 4.57. The summed E-state index contributed by atoms with van der Waals surface area (Å²) >= 11 is 0. The average Bonchev–Trinajstić information content (AvgIpc) is 2.80. The van der Waals surface area contributed by atoms with Crippen molar-refractivity contribution in [2.45, 2.75) is 19.1 Å². The molecule has 1 heterocycles. The molecule has 6 nitrogen and oxygen atoms in total. The van der Waals surface area contributed by atoms with E-state index in [4.69, 9.17) is 14.2 Å². The van der Waals surface area contributed by atoms with E-state index < -0.39 is 12.2 Å². The molecular weight excluding hydrogens is 262 g/mol. The Morgan fingerprint density at radius 2 is 2.40 bits per heavy atom. The van der Waals surface area contributed by atoms with Gasteiger partial charge in [-0.1, -0.05) is 0 Å². The van der Waals surface area contributed by atoms with Crippen molar-refractivity contribution in [3.63, 3.8) is 0 Å². The van der Waals surface area contributed by atoms with E-state index >= 15 is 0 Å². The fourth-order valence-corrected chi connectivity index (χ4v) is 1.92. The van der Waals surface area contributed by atoms with E-state index in [-0.39, 0.29) is 12.5 Å². The standard InChI is InChI=1S/C14H19NO5/c1-9(14(17)15-5-6-18-2)20-10-3-4-11-12(16)8-19-13(11)7-10/h3-4,7,9,12,16H,5-6,8H2,1-2H3,(H,15,17). The number of nitrogens with one attached hydrogen (secondary N) is 1. The topological polar surface area (TPSA) is 77.0 Å². The lowest BCUT2D eigenvalue weighted by atomic mass is 10.1. The van der Waals surface area contributed by atoms with Crippen LogP contribution >= 0.6 is 0 Å². The SMILES string of the molecule is COCCNC(=O)C(C)Oc1ccc2c(c1)OCC2O. The summed E-state index contributed by atoms with van der Waals surface area (Å²) < 4.78 is 15.7. The van der Waals surface area contributed by atoms with Crippen LogP contribution in [0.2, 0.25) is 0 Å². The maximum Gasteiger partial charge on any atom is 0.260 e. The molecule has 1 amide bonds. The normalized spacial score (nSPS) is 18.1. The summed E-state index contributed by atoms with van der Waals surface area (Å²) in [6, 6.07) is 5.15. The number of fused-ring (bicyclic) bond motifs is 1. The summed E-state index contributed by atoms with van der Waals surface area (Å²) in [6.45, 7) is 2.84. The van der Waals surface area contributed by atoms with Crippen LogP contribution in [0.4, 0.5) is 0 Å². The summed E-state index contributed by atoms with van der Waals surface area (Å²) in [7, 11) is 1.57. The van der Waals surface area contributed by atoms with Gasteiger partial charge in [0.05, 0.1) is 6.61 Å². The quantitative estimate of drug-likeness (QED) is 0.748. The van der Waals surface area contributed by atoms with Gasteiger partial charge in [0.2, 0.25) is 0 Å². The van der Waals surface area contributed by atoms with Gasteiger partial charge in [0.15, 0.2) is 6.10 Å². The molecule has 0 bridgehead atoms. The first-order valence-corrected chi connectivity index (χ1v) is 6.50. The Labute approximate surface area is 117 Å². The van der Waals surface area contributed by atoms with Crippen LogP contribution in [-0.2, 0) is 9.53 Å². The van der Waals surface area contributed by atoms with E-state index in [0.717, 1.165) is 5.56 Å². The average molecular weight is 281 g/mol. The molecule has 1 aromatic rings. The number of hydrogen-bond donors (Lipinski definition) is 2. The van der Waals surface area contributed by atoms with Crippen LogP contribution in [-0.4, -0.2) is 44.0 Å². The van der Waals surface area contributed by atoms with Gasteiger partial charge in [-0.25, -0.2) is 0 Å². The molecule has 0 aromatic heterocycles. The maximum absolute atomic E-state index is 11.7. The van der Waals surface area contributed by atoms with Crippen LogP contribution in [0.15, 0.2) is 18.2 Å². The van der Waals surface area contributed by atoms with Crippen LogP contribution in [0, 0.1) is 0 Å². The van der Waals surface area contributed by atoms with Crippen molar-refractivity contribution in [3.05, 3.63) is 23.8 Å². The first kappa shape index (κ1) is 14.6. The Morgan fingerprint density at radius 3 is 3.15 bits per heavy atom. The minimum absolute atomic E-state index is 0.205. The predicted octanol–water partition coefficient (Wildman–Crippen LogP) is 0.642. The third kappa shape index (κ3) is 3.40. The molecule has 0 radical (unpaired) electrons. The van der Waals surface area contributed by atoms with Gasteiger partial charge in [0.25, 0.3) is 5.91 Å². The fourth-order valence-electron chi connectivity index (χ4n) is 1.92. The Balaban J connectivity index is 1.91. The second kappa shape index (κ2) is 6.58. The molecule has 2 N–H and O–H groups in total. The highest BCUT2D eigenvalue weighted by atomic mass is 16.5. The van der Waals surface area contributed by atoms with E-state index in [2.05, 4.69) is 5.32 Å². The zero-order valence-electron chi connectivity index (χ0n) is 11.6. The highest BCUT2D eigenvalue weighted by Gasteiger charge is 2.23. The van der Waals surface area contributed by atoms with Gasteiger partial charge >= 0.3 is 0 Å². The molecule has 0 fully saturated rings. The van der Waals surface area contributed by atoms with Crippen LogP contribution < -0.4 is 14.8 Å². The van der Waals surface area contributed by atoms with Crippen LogP contribution in [0.5, 0.6) is 11.5 Å². The molecule has 0 saturated carbocycles. The zero-order chi connectivity index (χ0) is 14.5. The Kier molecular flexibility index (Phi) is 4.81. The number of carbonyl (C=O) groups excluding carboxylic acids is 1. The maximum atomic E-state index is 11.7. The third-order valence-corrected chi connectivity index (χ3v) is 3.03. The van der Waals surface area contributed by atoms with E-state index in [9.17, 15) is 9.90 Å². The van der Waals surface area contributed by atoms with Crippen LogP contribution in [0.1, 0.15) is 18.6 Å². The van der Waals surface area contributed by atoms with Crippen molar-refractivity contribution in [1.82, 2.24) is 5.32 Å². The van der Waals surface area contributed by atoms with Gasteiger partial charge in [-0.2, -0.15) is 0 Å². The molecule has 2 rings (SSSR count). The van der Waals surface area contributed by atoms with E-state index in [0.29, 0.717) is 24.7 Å². The molecule has 2 unspecified atom stereocenters. The van der Waals surface area contributed by atoms with Gasteiger partial charge in [-0.15, -0.1) is 0 Å². The van der Waals surface area contributed by atoms with Crippen molar-refractivity contribution in [1.29, 1.82) is 0 Å². The number of aliphatic hydroxyl groups excluding tert-OH is 1. The molecule has 0 spiro atoms. The smallest absolute Gasteiger partial charge is 0.260 e. The highest BCUT2D eigenvalue weighted by molar-refractivity contribution is 5.80. The summed E-state index contributed by atoms with van der Waals surface area (Å²) in [5.41, 5.74) is 0.745. The summed E-state index contributed by atoms with van der Waals surface area (Å²) in [6.07, 6.45) is -1.20. The number of aliphatic hydroxyl groups is 1.